The predicted octanol–water partition coefficient (Wildman–Crippen LogP) is 1.53. The molecule has 3 aromatic rings. The smallest absolute Gasteiger partial charge is 0.263 e. The van der Waals surface area contributed by atoms with E-state index < -0.39 is 0 Å². The fraction of sp³-hybridized carbons (Fsp3) is 0.357. The molecule has 0 bridgehead atoms. The molecule has 9 heteroatoms. The van der Waals surface area contributed by atoms with Gasteiger partial charge in [0.15, 0.2) is 5.82 Å². The Kier molecular flexibility index (Phi) is 4.20. The SMILES string of the molecule is CCOc1nccn2c(CNC(=O)c3sc(C)nc3C)nnc12. The largest absolute Gasteiger partial charge is 0.475 e. The summed E-state index contributed by atoms with van der Waals surface area (Å²) < 4.78 is 7.17. The number of nitrogens with zero attached hydrogens (tertiary/aromatic N) is 5. The van der Waals surface area contributed by atoms with E-state index in [9.17, 15) is 4.79 Å². The van der Waals surface area contributed by atoms with Crippen molar-refractivity contribution in [2.24, 2.45) is 0 Å². The van der Waals surface area contributed by atoms with Crippen molar-refractivity contribution in [1.29, 1.82) is 0 Å². The molecule has 1 amide bonds. The molecular weight excluding hydrogens is 316 g/mol. The van der Waals surface area contributed by atoms with Crippen LogP contribution in [0.25, 0.3) is 5.65 Å². The average molecular weight is 332 g/mol. The third-order valence-corrected chi connectivity index (χ3v) is 4.23. The summed E-state index contributed by atoms with van der Waals surface area (Å²) in [6.45, 7) is 6.33. The van der Waals surface area contributed by atoms with Gasteiger partial charge in [0.25, 0.3) is 11.8 Å². The first-order valence-electron chi connectivity index (χ1n) is 7.13. The van der Waals surface area contributed by atoms with E-state index in [1.807, 2.05) is 20.8 Å². The molecule has 3 heterocycles. The van der Waals surface area contributed by atoms with Gasteiger partial charge in [-0.05, 0) is 20.8 Å². The first-order valence-corrected chi connectivity index (χ1v) is 7.95. The van der Waals surface area contributed by atoms with Crippen molar-refractivity contribution < 1.29 is 9.53 Å². The molecule has 8 nitrogen and oxygen atoms in total. The fourth-order valence-electron chi connectivity index (χ4n) is 2.19. The van der Waals surface area contributed by atoms with Gasteiger partial charge in [-0.25, -0.2) is 9.97 Å². The lowest BCUT2D eigenvalue weighted by atomic mass is 10.3. The van der Waals surface area contributed by atoms with Crippen molar-refractivity contribution in [2.45, 2.75) is 27.3 Å². The zero-order chi connectivity index (χ0) is 16.4. The quantitative estimate of drug-likeness (QED) is 0.761. The van der Waals surface area contributed by atoms with Crippen LogP contribution in [0.5, 0.6) is 5.88 Å². The number of aromatic nitrogens is 5. The highest BCUT2D eigenvalue weighted by Crippen LogP contribution is 2.17. The third kappa shape index (κ3) is 3.00. The number of hydrogen-bond donors (Lipinski definition) is 1. The van der Waals surface area contributed by atoms with Gasteiger partial charge >= 0.3 is 0 Å². The van der Waals surface area contributed by atoms with Crippen molar-refractivity contribution in [2.75, 3.05) is 6.61 Å². The number of ether oxygens (including phenoxy) is 1. The Labute approximate surface area is 136 Å². The highest BCUT2D eigenvalue weighted by molar-refractivity contribution is 7.13. The van der Waals surface area contributed by atoms with Gasteiger partial charge in [0.1, 0.15) is 4.88 Å². The molecule has 0 fully saturated rings. The summed E-state index contributed by atoms with van der Waals surface area (Å²) in [5.74, 6) is 0.869. The van der Waals surface area contributed by atoms with E-state index in [0.29, 0.717) is 28.8 Å². The van der Waals surface area contributed by atoms with Gasteiger partial charge in [-0.3, -0.25) is 9.20 Å². The van der Waals surface area contributed by atoms with Gasteiger partial charge in [0.05, 0.1) is 23.9 Å². The molecule has 0 saturated heterocycles. The van der Waals surface area contributed by atoms with Gasteiger partial charge < -0.3 is 10.1 Å². The van der Waals surface area contributed by atoms with Crippen molar-refractivity contribution in [3.8, 4) is 5.88 Å². The van der Waals surface area contributed by atoms with Gasteiger partial charge in [-0.2, -0.15) is 0 Å². The summed E-state index contributed by atoms with van der Waals surface area (Å²) in [5, 5.41) is 11.9. The molecule has 0 unspecified atom stereocenters. The van der Waals surface area contributed by atoms with Crippen LogP contribution in [0.15, 0.2) is 12.4 Å². The molecule has 0 aliphatic heterocycles. The van der Waals surface area contributed by atoms with Gasteiger partial charge in [0, 0.05) is 12.4 Å². The molecule has 0 aliphatic rings. The normalized spacial score (nSPS) is 10.9. The number of rotatable bonds is 5. The maximum absolute atomic E-state index is 12.2. The molecule has 0 spiro atoms. The monoisotopic (exact) mass is 332 g/mol. The van der Waals surface area contributed by atoms with Crippen molar-refractivity contribution in [3.05, 3.63) is 33.8 Å². The molecular formula is C14H16N6O2S. The Morgan fingerprint density at radius 2 is 2.22 bits per heavy atom. The lowest BCUT2D eigenvalue weighted by molar-refractivity contribution is 0.0953. The summed E-state index contributed by atoms with van der Waals surface area (Å²) in [6.07, 6.45) is 3.35. The van der Waals surface area contributed by atoms with Crippen LogP contribution in [-0.4, -0.2) is 37.1 Å². The van der Waals surface area contributed by atoms with E-state index in [2.05, 4.69) is 25.5 Å². The molecule has 23 heavy (non-hydrogen) atoms. The number of amides is 1. The second-order valence-corrected chi connectivity index (χ2v) is 6.01. The highest BCUT2D eigenvalue weighted by atomic mass is 32.1. The maximum atomic E-state index is 12.2. The number of carbonyl (C=O) groups excluding carboxylic acids is 1. The minimum Gasteiger partial charge on any atom is -0.475 e. The minimum absolute atomic E-state index is 0.163. The lowest BCUT2D eigenvalue weighted by Crippen LogP contribution is -2.23. The van der Waals surface area contributed by atoms with Crippen LogP contribution in [0.4, 0.5) is 0 Å². The molecule has 120 valence electrons. The number of fused-ring (bicyclic) bond motifs is 1. The number of thiazole rings is 1. The first-order chi connectivity index (χ1) is 11.1. The molecule has 1 N–H and O–H groups in total. The maximum Gasteiger partial charge on any atom is 0.263 e. The second kappa shape index (κ2) is 6.29. The van der Waals surface area contributed by atoms with E-state index in [0.717, 1.165) is 10.7 Å². The Bertz CT molecular complexity index is 856. The molecule has 0 atom stereocenters. The second-order valence-electron chi connectivity index (χ2n) is 4.81. The fourth-order valence-corrected chi connectivity index (χ4v) is 3.03. The Balaban J connectivity index is 1.78. The van der Waals surface area contributed by atoms with E-state index in [4.69, 9.17) is 4.74 Å². The zero-order valence-corrected chi connectivity index (χ0v) is 13.8. The Morgan fingerprint density at radius 1 is 1.39 bits per heavy atom. The number of nitrogens with one attached hydrogen (secondary N) is 1. The van der Waals surface area contributed by atoms with Crippen LogP contribution < -0.4 is 10.1 Å². The van der Waals surface area contributed by atoms with Crippen LogP contribution >= 0.6 is 11.3 Å². The molecule has 3 aromatic heterocycles. The predicted molar refractivity (Wildman–Crippen MR) is 84.7 cm³/mol. The minimum atomic E-state index is -0.163. The zero-order valence-electron chi connectivity index (χ0n) is 13.0. The van der Waals surface area contributed by atoms with E-state index in [-0.39, 0.29) is 12.5 Å². The van der Waals surface area contributed by atoms with Crippen LogP contribution in [0.1, 0.15) is 33.1 Å². The van der Waals surface area contributed by atoms with Crippen molar-refractivity contribution in [1.82, 2.24) is 29.9 Å². The standard InChI is InChI=1S/C14H16N6O2S/c1-4-22-14-12-19-18-10(20(12)6-5-15-14)7-16-13(21)11-8(2)17-9(3)23-11/h5-6H,4,7H2,1-3H3,(H,16,21). The van der Waals surface area contributed by atoms with Gasteiger partial charge in [0.2, 0.25) is 5.65 Å². The summed E-state index contributed by atoms with van der Waals surface area (Å²) in [5.41, 5.74) is 1.27. The summed E-state index contributed by atoms with van der Waals surface area (Å²) in [7, 11) is 0. The molecule has 0 saturated carbocycles. The van der Waals surface area contributed by atoms with Crippen LogP contribution in [0, 0.1) is 13.8 Å². The van der Waals surface area contributed by atoms with Crippen LogP contribution in [-0.2, 0) is 6.54 Å². The summed E-state index contributed by atoms with van der Waals surface area (Å²) in [4.78, 5) is 21.2. The molecule has 3 rings (SSSR count). The lowest BCUT2D eigenvalue weighted by Gasteiger charge is -2.05. The van der Waals surface area contributed by atoms with Crippen molar-refractivity contribution in [3.63, 3.8) is 0 Å². The molecule has 0 aliphatic carbocycles. The van der Waals surface area contributed by atoms with E-state index >= 15 is 0 Å². The topological polar surface area (TPSA) is 94.3 Å². The summed E-state index contributed by atoms with van der Waals surface area (Å²) >= 11 is 1.38. The first kappa shape index (κ1) is 15.3. The number of carbonyl (C=O) groups is 1. The average Bonchev–Trinajstić information content (AvgIpc) is 3.09. The Morgan fingerprint density at radius 3 is 2.91 bits per heavy atom. The number of aryl methyl sites for hydroxylation is 2. The van der Waals surface area contributed by atoms with Crippen molar-refractivity contribution >= 4 is 22.9 Å². The van der Waals surface area contributed by atoms with Crippen LogP contribution in [0.3, 0.4) is 0 Å². The van der Waals surface area contributed by atoms with E-state index in [1.165, 1.54) is 11.3 Å². The van der Waals surface area contributed by atoms with Gasteiger partial charge in [-0.1, -0.05) is 0 Å². The summed E-state index contributed by atoms with van der Waals surface area (Å²) in [6, 6.07) is 0. The van der Waals surface area contributed by atoms with Crippen LogP contribution in [0.2, 0.25) is 0 Å². The Hall–Kier alpha value is -2.55. The molecule has 0 aromatic carbocycles. The number of hydrogen-bond acceptors (Lipinski definition) is 7. The van der Waals surface area contributed by atoms with Gasteiger partial charge in [-0.15, -0.1) is 21.5 Å². The highest BCUT2D eigenvalue weighted by Gasteiger charge is 2.16. The third-order valence-electron chi connectivity index (χ3n) is 3.16. The molecule has 0 radical (unpaired) electrons. The van der Waals surface area contributed by atoms with E-state index in [1.54, 1.807) is 16.8 Å².